The highest BCUT2D eigenvalue weighted by Gasteiger charge is 2.32. The Hall–Kier alpha value is -0.870. The molecule has 0 saturated carbocycles. The Morgan fingerprint density at radius 2 is 2.25 bits per heavy atom. The fraction of sp³-hybridized carbons (Fsp3) is 0.625. The average molecular weight is 173 g/mol. The number of hydrogen-bond acceptors (Lipinski definition) is 3. The van der Waals surface area contributed by atoms with Crippen molar-refractivity contribution in [2.75, 3.05) is 6.61 Å². The van der Waals surface area contributed by atoms with E-state index in [1.165, 1.54) is 0 Å². The predicted octanol–water partition coefficient (Wildman–Crippen LogP) is 0.117. The lowest BCUT2D eigenvalue weighted by molar-refractivity contribution is -0.145. The van der Waals surface area contributed by atoms with E-state index in [4.69, 9.17) is 15.9 Å². The first kappa shape index (κ1) is 11.1. The molecule has 70 valence electrons. The van der Waals surface area contributed by atoms with E-state index in [-0.39, 0.29) is 6.42 Å². The van der Waals surface area contributed by atoms with Gasteiger partial charge in [0.05, 0.1) is 6.61 Å². The van der Waals surface area contributed by atoms with E-state index in [1.54, 1.807) is 6.08 Å². The van der Waals surface area contributed by atoms with Crippen LogP contribution in [0.15, 0.2) is 12.7 Å². The topological polar surface area (TPSA) is 83.5 Å². The number of carboxylic acids is 1. The maximum absolute atomic E-state index is 10.5. The van der Waals surface area contributed by atoms with Crippen molar-refractivity contribution in [1.29, 1.82) is 0 Å². The largest absolute Gasteiger partial charge is 0.480 e. The molecule has 0 spiro atoms. The second-order valence-corrected chi connectivity index (χ2v) is 2.80. The van der Waals surface area contributed by atoms with E-state index in [0.717, 1.165) is 0 Å². The van der Waals surface area contributed by atoms with Gasteiger partial charge in [-0.3, -0.25) is 4.79 Å². The van der Waals surface area contributed by atoms with Gasteiger partial charge in [0.25, 0.3) is 0 Å². The SMILES string of the molecule is C=CCCCC(N)(CO)C(=O)O. The highest BCUT2D eigenvalue weighted by molar-refractivity contribution is 5.78. The van der Waals surface area contributed by atoms with Gasteiger partial charge in [0.2, 0.25) is 0 Å². The lowest BCUT2D eigenvalue weighted by Gasteiger charge is -2.21. The summed E-state index contributed by atoms with van der Waals surface area (Å²) in [4.78, 5) is 10.5. The Bertz CT molecular complexity index is 170. The molecule has 1 atom stereocenters. The van der Waals surface area contributed by atoms with Gasteiger partial charge in [-0.05, 0) is 19.3 Å². The number of rotatable bonds is 6. The smallest absolute Gasteiger partial charge is 0.326 e. The van der Waals surface area contributed by atoms with Crippen LogP contribution >= 0.6 is 0 Å². The Morgan fingerprint density at radius 3 is 2.58 bits per heavy atom. The summed E-state index contributed by atoms with van der Waals surface area (Å²) in [6, 6.07) is 0. The van der Waals surface area contributed by atoms with Crippen LogP contribution in [0.25, 0.3) is 0 Å². The highest BCUT2D eigenvalue weighted by Crippen LogP contribution is 2.11. The first-order valence-corrected chi connectivity index (χ1v) is 3.81. The molecule has 0 aliphatic heterocycles. The average Bonchev–Trinajstić information content (AvgIpc) is 2.04. The van der Waals surface area contributed by atoms with Gasteiger partial charge in [0.15, 0.2) is 0 Å². The van der Waals surface area contributed by atoms with Crippen molar-refractivity contribution in [1.82, 2.24) is 0 Å². The first-order valence-electron chi connectivity index (χ1n) is 3.81. The van der Waals surface area contributed by atoms with Gasteiger partial charge in [0.1, 0.15) is 5.54 Å². The predicted molar refractivity (Wildman–Crippen MR) is 45.7 cm³/mol. The van der Waals surface area contributed by atoms with Gasteiger partial charge < -0.3 is 15.9 Å². The van der Waals surface area contributed by atoms with E-state index in [2.05, 4.69) is 6.58 Å². The molecule has 12 heavy (non-hydrogen) atoms. The van der Waals surface area contributed by atoms with Crippen molar-refractivity contribution in [3.63, 3.8) is 0 Å². The van der Waals surface area contributed by atoms with Crippen LogP contribution in [0.1, 0.15) is 19.3 Å². The Balaban J connectivity index is 3.96. The Kier molecular flexibility index (Phi) is 4.54. The molecule has 0 aromatic carbocycles. The molecule has 0 saturated heterocycles. The van der Waals surface area contributed by atoms with Crippen molar-refractivity contribution in [3.05, 3.63) is 12.7 Å². The fourth-order valence-electron chi connectivity index (χ4n) is 0.815. The zero-order valence-corrected chi connectivity index (χ0v) is 6.99. The summed E-state index contributed by atoms with van der Waals surface area (Å²) >= 11 is 0. The van der Waals surface area contributed by atoms with Gasteiger partial charge in [-0.15, -0.1) is 6.58 Å². The number of aliphatic hydroxyl groups excluding tert-OH is 1. The van der Waals surface area contributed by atoms with Crippen molar-refractivity contribution < 1.29 is 15.0 Å². The maximum atomic E-state index is 10.5. The number of allylic oxidation sites excluding steroid dienone is 1. The minimum atomic E-state index is -1.48. The summed E-state index contributed by atoms with van der Waals surface area (Å²) < 4.78 is 0. The molecule has 0 aromatic heterocycles. The van der Waals surface area contributed by atoms with Crippen molar-refractivity contribution in [2.45, 2.75) is 24.8 Å². The Labute approximate surface area is 71.7 Å². The summed E-state index contributed by atoms with van der Waals surface area (Å²) in [5.74, 6) is -1.16. The van der Waals surface area contributed by atoms with Gasteiger partial charge >= 0.3 is 5.97 Å². The third kappa shape index (κ3) is 3.02. The number of aliphatic carboxylic acids is 1. The summed E-state index contributed by atoms with van der Waals surface area (Å²) in [6.45, 7) is 2.97. The van der Waals surface area contributed by atoms with Crippen molar-refractivity contribution >= 4 is 5.97 Å². The van der Waals surface area contributed by atoms with Gasteiger partial charge in [-0.2, -0.15) is 0 Å². The molecular weight excluding hydrogens is 158 g/mol. The van der Waals surface area contributed by atoms with E-state index in [9.17, 15) is 4.79 Å². The van der Waals surface area contributed by atoms with Crippen molar-refractivity contribution in [3.8, 4) is 0 Å². The fourth-order valence-corrected chi connectivity index (χ4v) is 0.815. The Morgan fingerprint density at radius 1 is 1.67 bits per heavy atom. The number of aliphatic hydroxyl groups is 1. The molecule has 0 bridgehead atoms. The molecule has 4 heteroatoms. The normalized spacial score (nSPS) is 15.2. The number of nitrogens with two attached hydrogens (primary N) is 1. The van der Waals surface area contributed by atoms with Crippen molar-refractivity contribution in [2.24, 2.45) is 5.73 Å². The lowest BCUT2D eigenvalue weighted by Crippen LogP contribution is -2.51. The summed E-state index contributed by atoms with van der Waals surface area (Å²) in [5.41, 5.74) is 3.91. The molecule has 0 amide bonds. The quantitative estimate of drug-likeness (QED) is 0.393. The minimum Gasteiger partial charge on any atom is -0.480 e. The highest BCUT2D eigenvalue weighted by atomic mass is 16.4. The van der Waals surface area contributed by atoms with E-state index < -0.39 is 18.1 Å². The number of unbranched alkanes of at least 4 members (excludes halogenated alkanes) is 1. The summed E-state index contributed by atoms with van der Waals surface area (Å²) in [7, 11) is 0. The number of carboxylic acid groups (broad SMARTS) is 1. The summed E-state index contributed by atoms with van der Waals surface area (Å²) in [6.07, 6.45) is 3.31. The molecule has 0 fully saturated rings. The second kappa shape index (κ2) is 4.90. The van der Waals surface area contributed by atoms with Crippen LogP contribution in [0.3, 0.4) is 0 Å². The molecule has 0 aromatic rings. The molecule has 4 N–H and O–H groups in total. The molecule has 0 aliphatic carbocycles. The monoisotopic (exact) mass is 173 g/mol. The van der Waals surface area contributed by atoms with Crippen LogP contribution in [0, 0.1) is 0 Å². The van der Waals surface area contributed by atoms with Crippen LogP contribution in [-0.2, 0) is 4.79 Å². The van der Waals surface area contributed by atoms with Crippen LogP contribution in [0.2, 0.25) is 0 Å². The zero-order valence-electron chi connectivity index (χ0n) is 6.99. The molecular formula is C8H15NO3. The van der Waals surface area contributed by atoms with Gasteiger partial charge in [0, 0.05) is 0 Å². The first-order chi connectivity index (χ1) is 5.56. The molecule has 0 radical (unpaired) electrons. The van der Waals surface area contributed by atoms with Gasteiger partial charge in [-0.1, -0.05) is 6.08 Å². The lowest BCUT2D eigenvalue weighted by atomic mass is 9.95. The molecule has 4 nitrogen and oxygen atoms in total. The van der Waals surface area contributed by atoms with Gasteiger partial charge in [-0.25, -0.2) is 0 Å². The maximum Gasteiger partial charge on any atom is 0.326 e. The van der Waals surface area contributed by atoms with E-state index in [0.29, 0.717) is 12.8 Å². The zero-order chi connectivity index (χ0) is 9.61. The molecule has 1 unspecified atom stereocenters. The third-order valence-electron chi connectivity index (χ3n) is 1.74. The van der Waals surface area contributed by atoms with Crippen LogP contribution in [-0.4, -0.2) is 28.3 Å². The number of carbonyl (C=O) groups is 1. The van der Waals surface area contributed by atoms with Crippen LogP contribution in [0.4, 0.5) is 0 Å². The minimum absolute atomic E-state index is 0.269. The van der Waals surface area contributed by atoms with E-state index in [1.807, 2.05) is 0 Å². The number of hydrogen-bond donors (Lipinski definition) is 3. The van der Waals surface area contributed by atoms with E-state index >= 15 is 0 Å². The molecule has 0 heterocycles. The van der Waals surface area contributed by atoms with Crippen LogP contribution in [0.5, 0.6) is 0 Å². The van der Waals surface area contributed by atoms with Crippen LogP contribution < -0.4 is 5.73 Å². The summed E-state index contributed by atoms with van der Waals surface area (Å²) in [5, 5.41) is 17.3. The molecule has 0 rings (SSSR count). The molecule has 0 aliphatic rings. The third-order valence-corrected chi connectivity index (χ3v) is 1.74. The second-order valence-electron chi connectivity index (χ2n) is 2.80. The standard InChI is InChI=1S/C8H15NO3/c1-2-3-4-5-8(9,6-10)7(11)12/h2,10H,1,3-6,9H2,(H,11,12).